The number of hydrogen-bond acceptors (Lipinski definition) is 9. The van der Waals surface area contributed by atoms with E-state index in [1.807, 2.05) is 12.3 Å². The Balaban J connectivity index is 0.000000202. The molecule has 0 unspecified atom stereocenters. The van der Waals surface area contributed by atoms with Gasteiger partial charge in [-0.15, -0.1) is 11.3 Å². The summed E-state index contributed by atoms with van der Waals surface area (Å²) in [4.78, 5) is 49.4. The van der Waals surface area contributed by atoms with E-state index >= 15 is 0 Å². The predicted octanol–water partition coefficient (Wildman–Crippen LogP) is 7.97. The minimum absolute atomic E-state index is 0.115. The van der Waals surface area contributed by atoms with Crippen LogP contribution in [-0.4, -0.2) is 37.9 Å². The summed E-state index contributed by atoms with van der Waals surface area (Å²) >= 11 is 6.73. The van der Waals surface area contributed by atoms with Crippen LogP contribution in [0.2, 0.25) is 0 Å². The van der Waals surface area contributed by atoms with E-state index in [-0.39, 0.29) is 21.4 Å². The van der Waals surface area contributed by atoms with E-state index in [1.165, 1.54) is 34.8 Å². The fourth-order valence-electron chi connectivity index (χ4n) is 3.67. The van der Waals surface area contributed by atoms with Crippen molar-refractivity contribution in [3.8, 4) is 10.6 Å². The van der Waals surface area contributed by atoms with E-state index in [4.69, 9.17) is 0 Å². The van der Waals surface area contributed by atoms with Crippen LogP contribution >= 0.6 is 49.9 Å². The molecule has 5 aromatic rings. The first-order valence-electron chi connectivity index (χ1n) is 12.4. The number of aryl methyl sites for hydroxylation is 3. The highest BCUT2D eigenvalue weighted by molar-refractivity contribution is 9.09. The Morgan fingerprint density at radius 3 is 1.68 bits per heavy atom. The van der Waals surface area contributed by atoms with E-state index < -0.39 is 46.2 Å². The van der Waals surface area contributed by atoms with Crippen molar-refractivity contribution in [3.63, 3.8) is 0 Å². The number of ketones is 1. The number of aromatic nitrogens is 3. The van der Waals surface area contributed by atoms with Gasteiger partial charge in [-0.2, -0.15) is 0 Å². The molecule has 3 aromatic heterocycles. The summed E-state index contributed by atoms with van der Waals surface area (Å²) < 4.78 is 54.2. The Bertz CT molecular complexity index is 1830. The molecular formula is C28H20BrF4N5O3S3. The molecule has 0 aliphatic carbocycles. The first kappa shape index (κ1) is 33.0. The summed E-state index contributed by atoms with van der Waals surface area (Å²) in [6, 6.07) is 6.43. The first-order valence-corrected chi connectivity index (χ1v) is 16.0. The molecule has 0 aliphatic rings. The van der Waals surface area contributed by atoms with Gasteiger partial charge in [0, 0.05) is 5.38 Å². The number of halogens is 5. The van der Waals surface area contributed by atoms with Crippen molar-refractivity contribution in [1.29, 1.82) is 0 Å². The minimum Gasteiger partial charge on any atom is -0.298 e. The van der Waals surface area contributed by atoms with Crippen molar-refractivity contribution < 1.29 is 31.9 Å². The number of hydrogen-bond donors (Lipinski definition) is 2. The third-order valence-electron chi connectivity index (χ3n) is 5.64. The van der Waals surface area contributed by atoms with Gasteiger partial charge in [0.25, 0.3) is 11.8 Å². The maximum atomic E-state index is 13.6. The standard InChI is InChI=1S/C15H11F2N3OS2.C13H9BrF2N2O2S/c1-7-13(11-6-22-8(2)19-11)23-15(18-7)20-14(21)12-9(16)4-3-5-10(12)17;1-6-11(9(19)5-14)21-13(17-6)18-12(20)10-7(15)3-2-4-8(10)16/h3-6H,1-2H3,(H,18,20,21);2-4H,5H2,1H3,(H,17,18,20). The molecule has 5 rings (SSSR count). The highest BCUT2D eigenvalue weighted by Gasteiger charge is 2.21. The molecule has 0 fully saturated rings. The fourth-order valence-corrected chi connectivity index (χ4v) is 6.64. The van der Waals surface area contributed by atoms with Crippen molar-refractivity contribution in [2.45, 2.75) is 20.8 Å². The van der Waals surface area contributed by atoms with Gasteiger partial charge >= 0.3 is 0 Å². The van der Waals surface area contributed by atoms with Crippen LogP contribution in [0.4, 0.5) is 27.8 Å². The average molecular weight is 727 g/mol. The van der Waals surface area contributed by atoms with Gasteiger partial charge in [-0.3, -0.25) is 25.0 Å². The van der Waals surface area contributed by atoms with Gasteiger partial charge in [-0.05, 0) is 45.0 Å². The predicted molar refractivity (Wildman–Crippen MR) is 166 cm³/mol. The average Bonchev–Trinajstić information content (AvgIpc) is 3.66. The summed E-state index contributed by atoms with van der Waals surface area (Å²) in [7, 11) is 0. The van der Waals surface area contributed by atoms with Crippen molar-refractivity contribution in [2.24, 2.45) is 0 Å². The number of nitrogens with zero attached hydrogens (tertiary/aromatic N) is 3. The molecule has 44 heavy (non-hydrogen) atoms. The molecule has 3 heterocycles. The quantitative estimate of drug-likeness (QED) is 0.1000. The van der Waals surface area contributed by atoms with Crippen LogP contribution in [0.15, 0.2) is 41.8 Å². The highest BCUT2D eigenvalue weighted by Crippen LogP contribution is 2.33. The van der Waals surface area contributed by atoms with Crippen molar-refractivity contribution in [3.05, 3.63) is 97.4 Å². The lowest BCUT2D eigenvalue weighted by Crippen LogP contribution is -2.15. The Kier molecular flexibility index (Phi) is 10.7. The monoisotopic (exact) mass is 725 g/mol. The topological polar surface area (TPSA) is 114 Å². The zero-order valence-electron chi connectivity index (χ0n) is 22.9. The molecule has 2 aromatic carbocycles. The normalized spacial score (nSPS) is 10.6. The summed E-state index contributed by atoms with van der Waals surface area (Å²) in [5, 5.41) is 8.09. The van der Waals surface area contributed by atoms with Crippen LogP contribution in [0.25, 0.3) is 10.6 Å². The molecule has 0 atom stereocenters. The van der Waals surface area contributed by atoms with E-state index in [0.29, 0.717) is 16.3 Å². The number of anilines is 2. The molecule has 0 bridgehead atoms. The number of carbonyl (C=O) groups is 3. The number of Topliss-reactive ketones (excluding diaryl/α,β-unsaturated/α-hetero) is 1. The zero-order chi connectivity index (χ0) is 32.1. The van der Waals surface area contributed by atoms with Gasteiger partial charge in [0.1, 0.15) is 34.4 Å². The maximum Gasteiger partial charge on any atom is 0.263 e. The number of benzene rings is 2. The molecule has 0 radical (unpaired) electrons. The summed E-state index contributed by atoms with van der Waals surface area (Å²) in [6.45, 7) is 5.31. The molecule has 0 aliphatic heterocycles. The molecule has 8 nitrogen and oxygen atoms in total. The lowest BCUT2D eigenvalue weighted by atomic mass is 10.2. The van der Waals surface area contributed by atoms with E-state index in [1.54, 1.807) is 13.8 Å². The van der Waals surface area contributed by atoms with Crippen LogP contribution in [0.1, 0.15) is 46.8 Å². The number of carbonyl (C=O) groups excluding carboxylic acids is 3. The Morgan fingerprint density at radius 2 is 1.23 bits per heavy atom. The second kappa shape index (κ2) is 14.3. The van der Waals surface area contributed by atoms with Crippen LogP contribution in [0.3, 0.4) is 0 Å². The largest absolute Gasteiger partial charge is 0.298 e. The van der Waals surface area contributed by atoms with Crippen LogP contribution in [0.5, 0.6) is 0 Å². The van der Waals surface area contributed by atoms with E-state index in [2.05, 4.69) is 41.5 Å². The number of amides is 2. The molecule has 16 heteroatoms. The molecule has 0 spiro atoms. The lowest BCUT2D eigenvalue weighted by molar-refractivity contribution is 0.101. The number of nitrogens with one attached hydrogen (secondary N) is 2. The minimum atomic E-state index is -0.961. The van der Waals surface area contributed by atoms with Gasteiger partial charge in [0.15, 0.2) is 16.0 Å². The Labute approximate surface area is 268 Å². The summed E-state index contributed by atoms with van der Waals surface area (Å²) in [5.74, 6) is -5.73. The van der Waals surface area contributed by atoms with E-state index in [9.17, 15) is 31.9 Å². The molecule has 2 N–H and O–H groups in total. The second-order valence-electron chi connectivity index (χ2n) is 8.78. The lowest BCUT2D eigenvalue weighted by Gasteiger charge is -2.04. The summed E-state index contributed by atoms with van der Waals surface area (Å²) in [5.41, 5.74) is 0.628. The second-order valence-corrected chi connectivity index (χ2v) is 12.4. The van der Waals surface area contributed by atoms with Crippen LogP contribution < -0.4 is 10.6 Å². The van der Waals surface area contributed by atoms with Crippen LogP contribution in [0, 0.1) is 44.0 Å². The molecular weight excluding hydrogens is 706 g/mol. The Morgan fingerprint density at radius 1 is 0.750 bits per heavy atom. The van der Waals surface area contributed by atoms with Gasteiger partial charge in [0.05, 0.1) is 37.2 Å². The summed E-state index contributed by atoms with van der Waals surface area (Å²) in [6.07, 6.45) is 0. The maximum absolute atomic E-state index is 13.6. The van der Waals surface area contributed by atoms with Gasteiger partial charge in [-0.25, -0.2) is 32.5 Å². The third kappa shape index (κ3) is 7.61. The highest BCUT2D eigenvalue weighted by atomic mass is 79.9. The smallest absolute Gasteiger partial charge is 0.263 e. The SMILES string of the molecule is Cc1nc(-c2sc(NC(=O)c3c(F)cccc3F)nc2C)cs1.Cc1nc(NC(=O)c2c(F)cccc2F)sc1C(=O)CBr. The first-order chi connectivity index (χ1) is 20.9. The third-order valence-corrected chi connectivity index (χ3v) is 9.13. The number of alkyl halides is 1. The fraction of sp³-hybridized carbons (Fsp3) is 0.143. The van der Waals surface area contributed by atoms with Crippen molar-refractivity contribution >= 4 is 77.8 Å². The molecule has 0 saturated heterocycles. The Hall–Kier alpha value is -3.86. The van der Waals surface area contributed by atoms with Crippen LogP contribution in [-0.2, 0) is 0 Å². The molecule has 2 amide bonds. The van der Waals surface area contributed by atoms with Crippen molar-refractivity contribution in [1.82, 2.24) is 15.0 Å². The van der Waals surface area contributed by atoms with Gasteiger partial charge in [0.2, 0.25) is 0 Å². The molecule has 228 valence electrons. The number of thiazole rings is 3. The van der Waals surface area contributed by atoms with Crippen molar-refractivity contribution in [2.75, 3.05) is 16.0 Å². The number of rotatable bonds is 7. The van der Waals surface area contributed by atoms with Gasteiger partial charge in [-0.1, -0.05) is 50.7 Å². The zero-order valence-corrected chi connectivity index (χ0v) is 27.0. The van der Waals surface area contributed by atoms with E-state index in [0.717, 1.165) is 51.2 Å². The van der Waals surface area contributed by atoms with Gasteiger partial charge < -0.3 is 0 Å². The molecule has 0 saturated carbocycles.